The normalized spacial score (nSPS) is 32.2. The molecule has 2 N–H and O–H groups in total. The van der Waals surface area contributed by atoms with Gasteiger partial charge >= 0.3 is 5.69 Å². The first-order valence-corrected chi connectivity index (χ1v) is 13.8. The molecule has 0 bridgehead atoms. The summed E-state index contributed by atoms with van der Waals surface area (Å²) in [5.74, 6) is 0. The molecule has 0 spiro atoms. The lowest BCUT2D eigenvalue weighted by molar-refractivity contribution is -0.0822. The molecule has 164 valence electrons. The van der Waals surface area contributed by atoms with E-state index in [2.05, 4.69) is 30.5 Å². The highest BCUT2D eigenvalue weighted by molar-refractivity contribution is 7.90. The first-order chi connectivity index (χ1) is 13.2. The lowest BCUT2D eigenvalue weighted by atomic mass is 10.1. The lowest BCUT2D eigenvalue weighted by Crippen LogP contribution is -2.53. The van der Waals surface area contributed by atoms with E-state index in [0.29, 0.717) is 0 Å². The molecule has 1 aliphatic heterocycles. The van der Waals surface area contributed by atoms with Crippen molar-refractivity contribution in [2.24, 2.45) is 0 Å². The highest BCUT2D eigenvalue weighted by Crippen LogP contribution is 2.62. The predicted octanol–water partition coefficient (Wildman–Crippen LogP) is 0.141. The van der Waals surface area contributed by atoms with Gasteiger partial charge in [0.05, 0.1) is 0 Å². The van der Waals surface area contributed by atoms with Crippen LogP contribution in [0, 0.1) is 0 Å². The molecule has 2 unspecified atom stereocenters. The van der Waals surface area contributed by atoms with Gasteiger partial charge in [-0.25, -0.2) is 17.9 Å². The molecule has 1 aromatic rings. The van der Waals surface area contributed by atoms with Crippen LogP contribution in [0.15, 0.2) is 21.9 Å². The molecule has 5 atom stereocenters. The zero-order chi connectivity index (χ0) is 22.0. The van der Waals surface area contributed by atoms with Gasteiger partial charge in [-0.15, -0.1) is 0 Å². The number of fused-ring (bicyclic) bond motifs is 1. The van der Waals surface area contributed by atoms with Gasteiger partial charge in [0.1, 0.15) is 23.1 Å². The minimum absolute atomic E-state index is 0.186. The van der Waals surface area contributed by atoms with Crippen LogP contribution in [0.5, 0.6) is 0 Å². The lowest BCUT2D eigenvalue weighted by Gasteiger charge is -2.41. The van der Waals surface area contributed by atoms with E-state index in [1.165, 1.54) is 31.0 Å². The molecule has 1 saturated heterocycles. The Bertz CT molecular complexity index is 1010. The van der Waals surface area contributed by atoms with Crippen molar-refractivity contribution in [1.29, 1.82) is 0 Å². The monoisotopic (exact) mass is 447 g/mol. The third-order valence-corrected chi connectivity index (χ3v) is 12.6. The van der Waals surface area contributed by atoms with Gasteiger partial charge in [0, 0.05) is 19.4 Å². The quantitative estimate of drug-likeness (QED) is 0.594. The van der Waals surface area contributed by atoms with Crippen molar-refractivity contribution in [2.45, 2.75) is 68.2 Å². The molecule has 29 heavy (non-hydrogen) atoms. The maximum Gasteiger partial charge on any atom is 0.330 e. The number of hydrogen-bond donors (Lipinski definition) is 2. The molecule has 1 saturated carbocycles. The van der Waals surface area contributed by atoms with Crippen molar-refractivity contribution in [3.63, 3.8) is 0 Å². The summed E-state index contributed by atoms with van der Waals surface area (Å²) in [5.41, 5.74) is -2.45. The van der Waals surface area contributed by atoms with Crippen molar-refractivity contribution in [3.8, 4) is 0 Å². The van der Waals surface area contributed by atoms with Crippen LogP contribution in [0.25, 0.3) is 0 Å². The first kappa shape index (κ1) is 22.4. The summed E-state index contributed by atoms with van der Waals surface area (Å²) in [6.07, 6.45) is -1.28. The molecule has 0 amide bonds. The summed E-state index contributed by atoms with van der Waals surface area (Å²) in [6.45, 7) is 10.2. The molecule has 12 heteroatoms. The van der Waals surface area contributed by atoms with Crippen LogP contribution in [-0.4, -0.2) is 63.5 Å². The van der Waals surface area contributed by atoms with Crippen molar-refractivity contribution in [2.75, 3.05) is 14.2 Å². The molecule has 1 aliphatic carbocycles. The van der Waals surface area contributed by atoms with Gasteiger partial charge < -0.3 is 13.9 Å². The SMILES string of the molecule is CNS(=O)(=O)C1[C@H]2O[C@@H](n3ccc(=O)[nH]c3=O)[C@H](OC)C12O[Si](C)(C)C(C)(C)C. The number of rotatable bonds is 6. The van der Waals surface area contributed by atoms with Gasteiger partial charge in [0.25, 0.3) is 5.56 Å². The van der Waals surface area contributed by atoms with Crippen LogP contribution in [0.1, 0.15) is 27.0 Å². The summed E-state index contributed by atoms with van der Waals surface area (Å²) in [4.78, 5) is 25.9. The number of aromatic amines is 1. The Morgan fingerprint density at radius 2 is 1.93 bits per heavy atom. The fourth-order valence-corrected chi connectivity index (χ4v) is 6.92. The Hall–Kier alpha value is -1.31. The fraction of sp³-hybridized carbons (Fsp3) is 0.765. The average molecular weight is 448 g/mol. The minimum Gasteiger partial charge on any atom is -0.404 e. The van der Waals surface area contributed by atoms with E-state index in [-0.39, 0.29) is 5.04 Å². The predicted molar refractivity (Wildman–Crippen MR) is 109 cm³/mol. The number of aromatic nitrogens is 2. The van der Waals surface area contributed by atoms with E-state index in [4.69, 9.17) is 13.9 Å². The molecule has 2 heterocycles. The van der Waals surface area contributed by atoms with Crippen molar-refractivity contribution < 1.29 is 22.3 Å². The van der Waals surface area contributed by atoms with Crippen LogP contribution in [0.3, 0.4) is 0 Å². The maximum atomic E-state index is 12.7. The zero-order valence-electron chi connectivity index (χ0n) is 17.7. The average Bonchev–Trinajstić information content (AvgIpc) is 3.10. The molecular weight excluding hydrogens is 418 g/mol. The highest BCUT2D eigenvalue weighted by Gasteiger charge is 2.84. The van der Waals surface area contributed by atoms with Crippen LogP contribution in [0.4, 0.5) is 0 Å². The van der Waals surface area contributed by atoms with Crippen molar-refractivity contribution in [3.05, 3.63) is 33.1 Å². The molecule has 2 aliphatic rings. The smallest absolute Gasteiger partial charge is 0.330 e. The van der Waals surface area contributed by atoms with Gasteiger partial charge in [0.15, 0.2) is 14.5 Å². The Morgan fingerprint density at radius 1 is 1.31 bits per heavy atom. The summed E-state index contributed by atoms with van der Waals surface area (Å²) >= 11 is 0. The number of hydrogen-bond acceptors (Lipinski definition) is 7. The Kier molecular flexibility index (Phi) is 5.29. The van der Waals surface area contributed by atoms with E-state index >= 15 is 0 Å². The first-order valence-electron chi connectivity index (χ1n) is 9.35. The molecule has 10 nitrogen and oxygen atoms in total. The standard InChI is InChI=1S/C17H29N3O7SSi/c1-16(2,3)29(6,7)27-17-11(13(17)28(23,24)18-4)26-14(12(17)25-5)20-9-8-10(21)19-15(20)22/h8-9,11-14,18H,1-7H3,(H,19,21,22)/t11-,12+,13?,14-,17?/m1/s1. The van der Waals surface area contributed by atoms with Gasteiger partial charge in [-0.3, -0.25) is 14.3 Å². The van der Waals surface area contributed by atoms with E-state index < -0.39 is 58.9 Å². The molecule has 2 fully saturated rings. The third kappa shape index (κ3) is 3.35. The second kappa shape index (κ2) is 6.85. The molecule has 1 aromatic heterocycles. The summed E-state index contributed by atoms with van der Waals surface area (Å²) < 4.78 is 47.3. The number of sulfonamides is 1. The summed E-state index contributed by atoms with van der Waals surface area (Å²) in [5, 5.41) is -1.15. The summed E-state index contributed by atoms with van der Waals surface area (Å²) in [6, 6.07) is 1.20. The van der Waals surface area contributed by atoms with Crippen molar-refractivity contribution >= 4 is 18.3 Å². The third-order valence-electron chi connectivity index (χ3n) is 6.28. The minimum atomic E-state index is -3.73. The summed E-state index contributed by atoms with van der Waals surface area (Å²) in [7, 11) is -3.40. The van der Waals surface area contributed by atoms with E-state index in [0.717, 1.165) is 0 Å². The Morgan fingerprint density at radius 3 is 2.41 bits per heavy atom. The Labute approximate surface area is 170 Å². The topological polar surface area (TPSA) is 129 Å². The largest absolute Gasteiger partial charge is 0.404 e. The van der Waals surface area contributed by atoms with Crippen LogP contribution in [0.2, 0.25) is 18.1 Å². The fourth-order valence-electron chi connectivity index (χ4n) is 3.71. The van der Waals surface area contributed by atoms with Gasteiger partial charge in [0.2, 0.25) is 10.0 Å². The second-order valence-corrected chi connectivity index (χ2v) is 15.7. The van der Waals surface area contributed by atoms with Crippen LogP contribution >= 0.6 is 0 Å². The molecular formula is C17H29N3O7SSi. The molecule has 3 rings (SSSR count). The van der Waals surface area contributed by atoms with E-state index in [1.807, 2.05) is 13.1 Å². The van der Waals surface area contributed by atoms with Gasteiger partial charge in [-0.2, -0.15) is 0 Å². The molecule has 0 radical (unpaired) electrons. The number of methoxy groups -OCH3 is 1. The van der Waals surface area contributed by atoms with E-state index in [9.17, 15) is 18.0 Å². The second-order valence-electron chi connectivity index (χ2n) is 9.01. The number of nitrogens with one attached hydrogen (secondary N) is 2. The zero-order valence-corrected chi connectivity index (χ0v) is 19.5. The van der Waals surface area contributed by atoms with Gasteiger partial charge in [-0.05, 0) is 25.2 Å². The van der Waals surface area contributed by atoms with E-state index in [1.54, 1.807) is 0 Å². The number of H-pyrrole nitrogens is 1. The number of nitrogens with zero attached hydrogens (tertiary/aromatic N) is 1. The van der Waals surface area contributed by atoms with Crippen LogP contribution in [-0.2, 0) is 23.9 Å². The highest BCUT2D eigenvalue weighted by atomic mass is 32.2. The Balaban J connectivity index is 2.09. The van der Waals surface area contributed by atoms with Gasteiger partial charge in [-0.1, -0.05) is 20.8 Å². The number of ether oxygens (including phenoxy) is 2. The maximum absolute atomic E-state index is 12.7. The molecule has 0 aromatic carbocycles. The van der Waals surface area contributed by atoms with Crippen molar-refractivity contribution in [1.82, 2.24) is 14.3 Å². The van der Waals surface area contributed by atoms with Crippen LogP contribution < -0.4 is 16.0 Å².